The molecule has 0 atom stereocenters. The molecule has 0 aromatic heterocycles. The lowest BCUT2D eigenvalue weighted by atomic mass is 11.8. The molecule has 0 aromatic carbocycles. The molecule has 0 saturated heterocycles. The summed E-state index contributed by atoms with van der Waals surface area (Å²) >= 11 is 10.8. The van der Waals surface area contributed by atoms with Crippen molar-refractivity contribution in [2.75, 3.05) is 0 Å². The number of hydrogen-bond donors (Lipinski definition) is 0. The van der Waals surface area contributed by atoms with Gasteiger partial charge in [0.25, 0.3) is 0 Å². The summed E-state index contributed by atoms with van der Waals surface area (Å²) in [5.41, 5.74) is 0. The van der Waals surface area contributed by atoms with E-state index in [0.29, 0.717) is 0 Å². The highest BCUT2D eigenvalue weighted by molar-refractivity contribution is 9.26. The first kappa shape index (κ1) is 9.09. The van der Waals surface area contributed by atoms with Crippen LogP contribution in [-0.4, -0.2) is 24.4 Å². The molecular formula is CH7Br3Si3. The van der Waals surface area contributed by atoms with Crippen LogP contribution in [0, 0.1) is 0 Å². The van der Waals surface area contributed by atoms with Gasteiger partial charge >= 0.3 is 0 Å². The Bertz CT molecular complexity index is 31.7. The predicted molar refractivity (Wildman–Crippen MR) is 56.2 cm³/mol. The molecule has 0 unspecified atom stereocenters. The van der Waals surface area contributed by atoms with Crippen LogP contribution in [0.1, 0.15) is 0 Å². The van der Waals surface area contributed by atoms with Gasteiger partial charge in [0, 0.05) is 0 Å². The zero-order valence-corrected chi connectivity index (χ0v) is 12.8. The van der Waals surface area contributed by atoms with Gasteiger partial charge in [-0.25, -0.2) is 0 Å². The number of halogens is 3. The fourth-order valence-corrected chi connectivity index (χ4v) is 30.1. The summed E-state index contributed by atoms with van der Waals surface area (Å²) in [7, 11) is 0.510. The van der Waals surface area contributed by atoms with E-state index in [-0.39, 0.29) is 24.4 Å². The Kier molecular flexibility index (Phi) is 8.07. The van der Waals surface area contributed by atoms with E-state index in [9.17, 15) is 0 Å². The van der Waals surface area contributed by atoms with Crippen molar-refractivity contribution in [3.05, 3.63) is 0 Å². The van der Waals surface area contributed by atoms with E-state index in [2.05, 4.69) is 45.9 Å². The molecule has 0 bridgehead atoms. The summed E-state index contributed by atoms with van der Waals surface area (Å²) in [6, 6.07) is 0. The second kappa shape index (κ2) is 6.21. The van der Waals surface area contributed by atoms with E-state index in [4.69, 9.17) is 0 Å². The van der Waals surface area contributed by atoms with Gasteiger partial charge in [0.1, 0.15) is 0 Å². The molecular weight excluding hydrogens is 336 g/mol. The SMILES string of the molecule is Br[SiH2]C([SiH2]Br)[SiH2]Br. The molecule has 0 aliphatic rings. The average molecular weight is 343 g/mol. The van der Waals surface area contributed by atoms with Crippen LogP contribution in [0.3, 0.4) is 0 Å². The quantitative estimate of drug-likeness (QED) is 0.505. The zero-order chi connectivity index (χ0) is 5.70. The number of rotatable bonds is 3. The van der Waals surface area contributed by atoms with E-state index in [0.717, 1.165) is 4.79 Å². The summed E-state index contributed by atoms with van der Waals surface area (Å²) in [6.45, 7) is 0. The molecule has 0 aliphatic heterocycles. The maximum absolute atomic E-state index is 3.58. The van der Waals surface area contributed by atoms with Crippen molar-refractivity contribution in [2.45, 2.75) is 4.79 Å². The summed E-state index contributed by atoms with van der Waals surface area (Å²) in [5.74, 6) is 0. The molecule has 0 radical (unpaired) electrons. The van der Waals surface area contributed by atoms with Crippen LogP contribution in [0.2, 0.25) is 4.79 Å². The van der Waals surface area contributed by atoms with Crippen LogP contribution in [0.5, 0.6) is 0 Å². The van der Waals surface area contributed by atoms with Crippen molar-refractivity contribution in [3.63, 3.8) is 0 Å². The molecule has 0 spiro atoms. The Morgan fingerprint density at radius 2 is 1.14 bits per heavy atom. The molecule has 7 heavy (non-hydrogen) atoms. The maximum atomic E-state index is 3.58. The fourth-order valence-electron chi connectivity index (χ4n) is 0.124. The van der Waals surface area contributed by atoms with E-state index in [1.54, 1.807) is 0 Å². The second-order valence-corrected chi connectivity index (χ2v) is 15.0. The molecule has 0 amide bonds. The summed E-state index contributed by atoms with van der Waals surface area (Å²) in [4.78, 5) is 1.15. The van der Waals surface area contributed by atoms with Crippen molar-refractivity contribution in [1.29, 1.82) is 0 Å². The van der Waals surface area contributed by atoms with Crippen molar-refractivity contribution in [2.24, 2.45) is 0 Å². The second-order valence-electron chi connectivity index (χ2n) is 1.33. The monoisotopic (exact) mass is 340 g/mol. The number of hydrogen-bond acceptors (Lipinski definition) is 0. The molecule has 44 valence electrons. The first-order valence-electron chi connectivity index (χ1n) is 2.03. The highest BCUT2D eigenvalue weighted by atomic mass is 79.9. The van der Waals surface area contributed by atoms with E-state index in [1.165, 1.54) is 0 Å². The topological polar surface area (TPSA) is 0 Å². The van der Waals surface area contributed by atoms with Crippen LogP contribution < -0.4 is 0 Å². The van der Waals surface area contributed by atoms with Crippen molar-refractivity contribution in [3.8, 4) is 0 Å². The Morgan fingerprint density at radius 1 is 0.857 bits per heavy atom. The lowest BCUT2D eigenvalue weighted by molar-refractivity contribution is 1.89. The van der Waals surface area contributed by atoms with Crippen LogP contribution in [-0.2, 0) is 0 Å². The first-order chi connectivity index (χ1) is 3.35. The minimum Gasteiger partial charge on any atom is -0.136 e. The molecule has 0 aromatic rings. The van der Waals surface area contributed by atoms with Crippen LogP contribution in [0.25, 0.3) is 0 Å². The van der Waals surface area contributed by atoms with Gasteiger partial charge in [-0.05, 0) is 4.79 Å². The molecule has 0 aliphatic carbocycles. The van der Waals surface area contributed by atoms with E-state index in [1.807, 2.05) is 0 Å². The largest absolute Gasteiger partial charge is 0.136 e. The average Bonchev–Trinajstić information content (AvgIpc) is 1.72. The molecule has 0 saturated carbocycles. The van der Waals surface area contributed by atoms with Gasteiger partial charge in [0.2, 0.25) is 0 Å². The van der Waals surface area contributed by atoms with Gasteiger partial charge in [-0.2, -0.15) is 0 Å². The van der Waals surface area contributed by atoms with E-state index >= 15 is 0 Å². The Hall–Kier alpha value is 2.09. The lowest BCUT2D eigenvalue weighted by Gasteiger charge is -1.98. The van der Waals surface area contributed by atoms with Crippen LogP contribution >= 0.6 is 45.9 Å². The first-order valence-corrected chi connectivity index (χ1v) is 16.2. The highest BCUT2D eigenvalue weighted by Crippen LogP contribution is 2.07. The molecule has 0 N–H and O–H groups in total. The summed E-state index contributed by atoms with van der Waals surface area (Å²) in [5, 5.41) is 0. The van der Waals surface area contributed by atoms with Crippen molar-refractivity contribution in [1.82, 2.24) is 0 Å². The third-order valence-corrected chi connectivity index (χ3v) is 30.6. The van der Waals surface area contributed by atoms with Crippen molar-refractivity contribution < 1.29 is 0 Å². The normalized spacial score (nSPS) is 19.3. The van der Waals surface area contributed by atoms with Gasteiger partial charge in [-0.15, -0.1) is 45.9 Å². The van der Waals surface area contributed by atoms with Gasteiger partial charge in [0.05, 0.1) is 24.4 Å². The van der Waals surface area contributed by atoms with Crippen LogP contribution in [0.4, 0.5) is 0 Å². The molecule has 0 rings (SSSR count). The van der Waals surface area contributed by atoms with Gasteiger partial charge in [0.15, 0.2) is 0 Å². The molecule has 0 heterocycles. The zero-order valence-electron chi connectivity index (χ0n) is 3.83. The molecule has 0 nitrogen and oxygen atoms in total. The minimum absolute atomic E-state index is 0.170. The third kappa shape index (κ3) is 4.59. The maximum Gasteiger partial charge on any atom is 0.0970 e. The van der Waals surface area contributed by atoms with Crippen LogP contribution in [0.15, 0.2) is 0 Å². The Labute approximate surface area is 74.4 Å². The van der Waals surface area contributed by atoms with Crippen molar-refractivity contribution >= 4 is 70.3 Å². The highest BCUT2D eigenvalue weighted by Gasteiger charge is 2.02. The standard InChI is InChI=1S/CH7Br3Si3/c2-5-1(6-3)7-4/h1H,5-7H2. The summed E-state index contributed by atoms with van der Waals surface area (Å²) < 4.78 is 0. The summed E-state index contributed by atoms with van der Waals surface area (Å²) in [6.07, 6.45) is 0. The smallest absolute Gasteiger partial charge is 0.0970 e. The van der Waals surface area contributed by atoms with Gasteiger partial charge < -0.3 is 0 Å². The lowest BCUT2D eigenvalue weighted by Crippen LogP contribution is -2.05. The predicted octanol–water partition coefficient (Wildman–Crippen LogP) is 0.126. The third-order valence-electron chi connectivity index (χ3n) is 0.655. The Morgan fingerprint density at radius 3 is 1.14 bits per heavy atom. The Balaban J connectivity index is 2.99. The fraction of sp³-hybridized carbons (Fsp3) is 1.00. The minimum atomic E-state index is 0.170. The van der Waals surface area contributed by atoms with E-state index < -0.39 is 0 Å². The molecule has 0 fully saturated rings. The molecule has 6 heteroatoms. The van der Waals surface area contributed by atoms with Gasteiger partial charge in [-0.3, -0.25) is 0 Å². The van der Waals surface area contributed by atoms with Gasteiger partial charge in [-0.1, -0.05) is 0 Å².